The molecule has 0 aromatic heterocycles. The number of nitrogens with zero attached hydrogens (tertiary/aromatic N) is 1. The minimum Gasteiger partial charge on any atom is -0.253 e. The van der Waals surface area contributed by atoms with E-state index in [-0.39, 0.29) is 5.41 Å². The van der Waals surface area contributed by atoms with Crippen molar-refractivity contribution in [3.05, 3.63) is 108 Å². The SMILES string of the molecule is C=CC1=C(/C=C\C)c2cc(C(C)=NC(=C)c3ccccc3)ccc2C1(C)C. The second-order valence-electron chi connectivity index (χ2n) is 7.43. The molecule has 0 heterocycles. The molecule has 0 amide bonds. The van der Waals surface area contributed by atoms with Crippen LogP contribution in [0.5, 0.6) is 0 Å². The summed E-state index contributed by atoms with van der Waals surface area (Å²) in [5, 5.41) is 0. The van der Waals surface area contributed by atoms with Crippen LogP contribution in [-0.4, -0.2) is 5.71 Å². The Bertz CT molecular complexity index is 982. The molecule has 0 fully saturated rings. The molecule has 0 aliphatic heterocycles. The third kappa shape index (κ3) is 3.38. The van der Waals surface area contributed by atoms with Crippen LogP contribution < -0.4 is 0 Å². The first-order chi connectivity index (χ1) is 12.9. The van der Waals surface area contributed by atoms with Gasteiger partial charge in [0.25, 0.3) is 0 Å². The van der Waals surface area contributed by atoms with Gasteiger partial charge in [0.15, 0.2) is 0 Å². The predicted molar refractivity (Wildman–Crippen MR) is 119 cm³/mol. The highest BCUT2D eigenvalue weighted by Gasteiger charge is 2.35. The van der Waals surface area contributed by atoms with E-state index in [1.165, 1.54) is 22.3 Å². The molecule has 0 radical (unpaired) electrons. The van der Waals surface area contributed by atoms with Gasteiger partial charge in [-0.1, -0.05) is 87.7 Å². The van der Waals surface area contributed by atoms with Crippen molar-refractivity contribution in [1.82, 2.24) is 0 Å². The number of hydrogen-bond donors (Lipinski definition) is 0. The maximum atomic E-state index is 4.76. The molecule has 0 saturated heterocycles. The van der Waals surface area contributed by atoms with Crippen LogP contribution in [0.15, 0.2) is 90.5 Å². The van der Waals surface area contributed by atoms with Crippen molar-refractivity contribution in [3.63, 3.8) is 0 Å². The summed E-state index contributed by atoms with van der Waals surface area (Å²) in [5.74, 6) is 0. The predicted octanol–water partition coefficient (Wildman–Crippen LogP) is 6.97. The molecule has 1 nitrogen and oxygen atoms in total. The molecule has 136 valence electrons. The fourth-order valence-corrected chi connectivity index (χ4v) is 3.84. The minimum absolute atomic E-state index is 0.0386. The van der Waals surface area contributed by atoms with Crippen molar-refractivity contribution in [2.45, 2.75) is 33.1 Å². The van der Waals surface area contributed by atoms with Crippen LogP contribution in [0, 0.1) is 0 Å². The summed E-state index contributed by atoms with van der Waals surface area (Å²) in [4.78, 5) is 4.76. The molecule has 2 aromatic rings. The van der Waals surface area contributed by atoms with Crippen molar-refractivity contribution < 1.29 is 0 Å². The summed E-state index contributed by atoms with van der Waals surface area (Å²) in [5.41, 5.74) is 9.01. The van der Waals surface area contributed by atoms with E-state index in [0.29, 0.717) is 0 Å². The summed E-state index contributed by atoms with van der Waals surface area (Å²) in [6, 6.07) is 16.7. The normalized spacial score (nSPS) is 15.9. The molecule has 2 aromatic carbocycles. The van der Waals surface area contributed by atoms with Crippen LogP contribution >= 0.6 is 0 Å². The van der Waals surface area contributed by atoms with Gasteiger partial charge in [0.2, 0.25) is 0 Å². The molecule has 0 unspecified atom stereocenters. The van der Waals surface area contributed by atoms with Crippen LogP contribution in [0.3, 0.4) is 0 Å². The van der Waals surface area contributed by atoms with E-state index in [4.69, 9.17) is 4.99 Å². The van der Waals surface area contributed by atoms with Gasteiger partial charge in [-0.15, -0.1) is 0 Å². The van der Waals surface area contributed by atoms with Gasteiger partial charge in [0.05, 0.1) is 5.70 Å². The van der Waals surface area contributed by atoms with Gasteiger partial charge in [-0.2, -0.15) is 0 Å². The quantitative estimate of drug-likeness (QED) is 0.514. The van der Waals surface area contributed by atoms with E-state index in [0.717, 1.165) is 22.5 Å². The van der Waals surface area contributed by atoms with Crippen molar-refractivity contribution in [1.29, 1.82) is 0 Å². The fourth-order valence-electron chi connectivity index (χ4n) is 3.84. The molecule has 0 N–H and O–H groups in total. The molecular formula is C26H27N. The fraction of sp³-hybridized carbons (Fsp3) is 0.192. The summed E-state index contributed by atoms with van der Waals surface area (Å²) in [7, 11) is 0. The van der Waals surface area contributed by atoms with Gasteiger partial charge >= 0.3 is 0 Å². The zero-order valence-corrected chi connectivity index (χ0v) is 16.7. The Morgan fingerprint density at radius 1 is 1.04 bits per heavy atom. The van der Waals surface area contributed by atoms with E-state index >= 15 is 0 Å². The molecule has 0 bridgehead atoms. The van der Waals surface area contributed by atoms with Crippen LogP contribution in [0.4, 0.5) is 0 Å². The minimum atomic E-state index is -0.0386. The Morgan fingerprint density at radius 2 is 1.74 bits per heavy atom. The maximum Gasteiger partial charge on any atom is 0.0633 e. The smallest absolute Gasteiger partial charge is 0.0633 e. The Balaban J connectivity index is 2.05. The summed E-state index contributed by atoms with van der Waals surface area (Å²) < 4.78 is 0. The second-order valence-corrected chi connectivity index (χ2v) is 7.43. The molecule has 27 heavy (non-hydrogen) atoms. The third-order valence-electron chi connectivity index (χ3n) is 5.31. The lowest BCUT2D eigenvalue weighted by Crippen LogP contribution is -2.16. The van der Waals surface area contributed by atoms with Gasteiger partial charge in [-0.3, -0.25) is 4.99 Å². The highest BCUT2D eigenvalue weighted by atomic mass is 14.7. The second kappa shape index (κ2) is 7.36. The number of allylic oxidation sites excluding steroid dienone is 5. The van der Waals surface area contributed by atoms with Crippen LogP contribution in [0.2, 0.25) is 0 Å². The van der Waals surface area contributed by atoms with Crippen molar-refractivity contribution in [2.75, 3.05) is 0 Å². The molecule has 1 aliphatic carbocycles. The van der Waals surface area contributed by atoms with Crippen molar-refractivity contribution in [2.24, 2.45) is 4.99 Å². The Labute approximate surface area is 163 Å². The number of hydrogen-bond acceptors (Lipinski definition) is 1. The first-order valence-electron chi connectivity index (χ1n) is 9.35. The Morgan fingerprint density at radius 3 is 2.37 bits per heavy atom. The monoisotopic (exact) mass is 353 g/mol. The Hall–Kier alpha value is -2.93. The van der Waals surface area contributed by atoms with Crippen molar-refractivity contribution >= 4 is 17.0 Å². The van der Waals surface area contributed by atoms with E-state index in [1.807, 2.05) is 43.3 Å². The van der Waals surface area contributed by atoms with E-state index in [2.05, 4.69) is 64.3 Å². The van der Waals surface area contributed by atoms with Gasteiger partial charge in [0, 0.05) is 11.1 Å². The van der Waals surface area contributed by atoms with Crippen LogP contribution in [0.25, 0.3) is 11.3 Å². The molecule has 0 saturated carbocycles. The Kier molecular flexibility index (Phi) is 5.14. The zero-order chi connectivity index (χ0) is 19.6. The van der Waals surface area contributed by atoms with E-state index in [9.17, 15) is 0 Å². The first kappa shape index (κ1) is 18.8. The molecule has 3 rings (SSSR count). The topological polar surface area (TPSA) is 12.4 Å². The molecule has 0 atom stereocenters. The van der Waals surface area contributed by atoms with Gasteiger partial charge in [-0.25, -0.2) is 0 Å². The summed E-state index contributed by atoms with van der Waals surface area (Å²) >= 11 is 0. The average Bonchev–Trinajstić information content (AvgIpc) is 2.88. The first-order valence-corrected chi connectivity index (χ1v) is 9.35. The third-order valence-corrected chi connectivity index (χ3v) is 5.31. The number of rotatable bonds is 5. The molecule has 1 heteroatoms. The highest BCUT2D eigenvalue weighted by Crippen LogP contribution is 2.47. The lowest BCUT2D eigenvalue weighted by atomic mass is 9.81. The van der Waals surface area contributed by atoms with Gasteiger partial charge in [0.1, 0.15) is 0 Å². The van der Waals surface area contributed by atoms with Crippen LogP contribution in [-0.2, 0) is 5.41 Å². The van der Waals surface area contributed by atoms with Crippen LogP contribution in [0.1, 0.15) is 49.9 Å². The molecule has 1 aliphatic rings. The summed E-state index contributed by atoms with van der Waals surface area (Å²) in [6.07, 6.45) is 6.27. The number of aliphatic imine (C=N–C) groups is 1. The number of fused-ring (bicyclic) bond motifs is 1. The number of benzene rings is 2. The molecular weight excluding hydrogens is 326 g/mol. The van der Waals surface area contributed by atoms with Gasteiger partial charge < -0.3 is 0 Å². The maximum absolute atomic E-state index is 4.76. The van der Waals surface area contributed by atoms with E-state index in [1.54, 1.807) is 0 Å². The van der Waals surface area contributed by atoms with Crippen molar-refractivity contribution in [3.8, 4) is 0 Å². The average molecular weight is 354 g/mol. The lowest BCUT2D eigenvalue weighted by molar-refractivity contribution is 0.654. The zero-order valence-electron chi connectivity index (χ0n) is 16.7. The largest absolute Gasteiger partial charge is 0.253 e. The molecule has 0 spiro atoms. The lowest BCUT2D eigenvalue weighted by Gasteiger charge is -2.22. The summed E-state index contributed by atoms with van der Waals surface area (Å²) in [6.45, 7) is 16.8. The van der Waals surface area contributed by atoms with Gasteiger partial charge in [-0.05, 0) is 53.3 Å². The van der Waals surface area contributed by atoms with E-state index < -0.39 is 0 Å². The highest BCUT2D eigenvalue weighted by molar-refractivity contribution is 6.03. The standard InChI is InChI=1S/C26H27N/c1-7-12-22-23-17-21(15-16-25(23)26(5,6)24(22)8-2)19(4)27-18(3)20-13-10-9-11-14-20/h7-17H,2-3H2,1,4-6H3/b12-7-,27-19?.